The molecular weight excluding hydrogens is 296 g/mol. The van der Waals surface area contributed by atoms with E-state index in [0.717, 1.165) is 5.56 Å². The Bertz CT molecular complexity index is 658. The highest BCUT2D eigenvalue weighted by Gasteiger charge is 2.50. The number of aliphatic hydroxyl groups is 1. The van der Waals surface area contributed by atoms with Crippen LogP contribution in [0.1, 0.15) is 5.56 Å². The summed E-state index contributed by atoms with van der Waals surface area (Å²) in [6.45, 7) is 1.75. The Kier molecular flexibility index (Phi) is 3.39. The average molecular weight is 312 g/mol. The van der Waals surface area contributed by atoms with Gasteiger partial charge < -0.3 is 15.2 Å². The van der Waals surface area contributed by atoms with Crippen LogP contribution in [-0.4, -0.2) is 55.3 Å². The molecule has 0 spiro atoms. The molecule has 2 N–H and O–H groups in total. The average Bonchev–Trinajstić information content (AvgIpc) is 2.77. The molecule has 21 heavy (non-hydrogen) atoms. The Labute approximate surface area is 122 Å². The zero-order chi connectivity index (χ0) is 15.2. The highest BCUT2D eigenvalue weighted by atomic mass is 32.2. The van der Waals surface area contributed by atoms with Crippen molar-refractivity contribution in [3.63, 3.8) is 0 Å². The minimum atomic E-state index is -3.73. The number of carbonyl (C=O) groups is 1. The van der Waals surface area contributed by atoms with Crippen molar-refractivity contribution < 1.29 is 23.1 Å². The molecule has 2 heterocycles. The Hall–Kier alpha value is -1.64. The fourth-order valence-electron chi connectivity index (χ4n) is 2.71. The van der Waals surface area contributed by atoms with E-state index in [0.29, 0.717) is 0 Å². The van der Waals surface area contributed by atoms with Gasteiger partial charge in [0, 0.05) is 6.54 Å². The van der Waals surface area contributed by atoms with Gasteiger partial charge in [-0.05, 0) is 19.1 Å². The predicted octanol–water partition coefficient (Wildman–Crippen LogP) is -0.163. The number of nitrogens with one attached hydrogen (secondary N) is 1. The molecule has 3 atom stereocenters. The zero-order valence-corrected chi connectivity index (χ0v) is 12.2. The molecule has 3 rings (SSSR count). The van der Waals surface area contributed by atoms with Crippen molar-refractivity contribution in [2.75, 3.05) is 13.2 Å². The summed E-state index contributed by atoms with van der Waals surface area (Å²) in [5.41, 5.74) is 0.960. The highest BCUT2D eigenvalue weighted by Crippen LogP contribution is 2.28. The van der Waals surface area contributed by atoms with Gasteiger partial charge >= 0.3 is 6.09 Å². The lowest BCUT2D eigenvalue weighted by Gasteiger charge is -2.31. The lowest BCUT2D eigenvalue weighted by atomic mass is 10.1. The molecule has 8 heteroatoms. The maximum atomic E-state index is 12.7. The number of hydrogen-bond acceptors (Lipinski definition) is 5. The Morgan fingerprint density at radius 3 is 2.67 bits per heavy atom. The largest absolute Gasteiger partial charge is 0.448 e. The second kappa shape index (κ2) is 4.97. The number of nitrogens with zero attached hydrogens (tertiary/aromatic N) is 1. The highest BCUT2D eigenvalue weighted by molar-refractivity contribution is 7.89. The molecule has 0 aromatic heterocycles. The van der Waals surface area contributed by atoms with Crippen LogP contribution in [0, 0.1) is 6.92 Å². The van der Waals surface area contributed by atoms with E-state index < -0.39 is 34.3 Å². The fourth-order valence-corrected chi connectivity index (χ4v) is 4.36. The first kappa shape index (κ1) is 14.3. The van der Waals surface area contributed by atoms with Gasteiger partial charge in [0.15, 0.2) is 0 Å². The van der Waals surface area contributed by atoms with Crippen LogP contribution < -0.4 is 5.32 Å². The van der Waals surface area contributed by atoms with Gasteiger partial charge in [0.25, 0.3) is 0 Å². The summed E-state index contributed by atoms with van der Waals surface area (Å²) < 4.78 is 31.4. The van der Waals surface area contributed by atoms with Gasteiger partial charge in [0.1, 0.15) is 6.61 Å². The number of cyclic esters (lactones) is 1. The van der Waals surface area contributed by atoms with E-state index >= 15 is 0 Å². The van der Waals surface area contributed by atoms with Crippen molar-refractivity contribution >= 4 is 16.1 Å². The van der Waals surface area contributed by atoms with E-state index in [4.69, 9.17) is 4.74 Å². The van der Waals surface area contributed by atoms with Crippen LogP contribution in [0.3, 0.4) is 0 Å². The lowest BCUT2D eigenvalue weighted by molar-refractivity contribution is 0.0732. The van der Waals surface area contributed by atoms with Gasteiger partial charge in [0.05, 0.1) is 23.1 Å². The maximum absolute atomic E-state index is 12.7. The molecule has 2 aliphatic rings. The third kappa shape index (κ3) is 2.39. The molecule has 114 valence electrons. The molecule has 2 saturated heterocycles. The van der Waals surface area contributed by atoms with E-state index in [-0.39, 0.29) is 18.0 Å². The van der Waals surface area contributed by atoms with Crippen LogP contribution in [0.4, 0.5) is 4.79 Å². The molecule has 1 aromatic carbocycles. The number of β-amino-alcohol motifs (C(OH)–C–C–N with tert-alkyl or cyclic N) is 1. The fraction of sp³-hybridized carbons (Fsp3) is 0.462. The number of rotatable bonds is 2. The van der Waals surface area contributed by atoms with E-state index in [1.807, 2.05) is 6.92 Å². The van der Waals surface area contributed by atoms with Gasteiger partial charge in [-0.15, -0.1) is 0 Å². The van der Waals surface area contributed by atoms with E-state index in [2.05, 4.69) is 5.32 Å². The Morgan fingerprint density at radius 1 is 1.33 bits per heavy atom. The minimum absolute atomic E-state index is 0.0569. The number of hydrogen-bond donors (Lipinski definition) is 2. The molecule has 7 nitrogen and oxygen atoms in total. The van der Waals surface area contributed by atoms with Crippen molar-refractivity contribution in [3.8, 4) is 0 Å². The summed E-state index contributed by atoms with van der Waals surface area (Å²) in [7, 11) is -3.73. The predicted molar refractivity (Wildman–Crippen MR) is 73.1 cm³/mol. The quantitative estimate of drug-likeness (QED) is 0.791. The summed E-state index contributed by atoms with van der Waals surface area (Å²) in [6, 6.07) is 5.28. The smallest absolute Gasteiger partial charge is 0.407 e. The first-order valence-electron chi connectivity index (χ1n) is 6.59. The third-order valence-corrected chi connectivity index (χ3v) is 5.77. The summed E-state index contributed by atoms with van der Waals surface area (Å²) in [6.07, 6.45) is -1.58. The topological polar surface area (TPSA) is 95.9 Å². The number of benzene rings is 1. The minimum Gasteiger partial charge on any atom is -0.448 e. The number of ether oxygens (including phenoxy) is 1. The van der Waals surface area contributed by atoms with Crippen molar-refractivity contribution in [2.24, 2.45) is 0 Å². The summed E-state index contributed by atoms with van der Waals surface area (Å²) >= 11 is 0. The first-order valence-corrected chi connectivity index (χ1v) is 8.03. The molecule has 0 aliphatic carbocycles. The number of sulfonamides is 1. The SMILES string of the molecule is Cc1ccc(S(=O)(=O)N2C[C@@H](O)[C@H]3NC(=O)OC[C@H]32)cc1. The van der Waals surface area contributed by atoms with Crippen LogP contribution >= 0.6 is 0 Å². The molecule has 2 aliphatic heterocycles. The van der Waals surface area contributed by atoms with Crippen LogP contribution in [0.25, 0.3) is 0 Å². The third-order valence-electron chi connectivity index (χ3n) is 3.86. The summed E-state index contributed by atoms with van der Waals surface area (Å²) in [4.78, 5) is 11.4. The molecule has 2 fully saturated rings. The van der Waals surface area contributed by atoms with Crippen LogP contribution in [0.5, 0.6) is 0 Å². The second-order valence-electron chi connectivity index (χ2n) is 5.29. The normalized spacial score (nSPS) is 29.6. The molecule has 1 aromatic rings. The molecule has 0 saturated carbocycles. The van der Waals surface area contributed by atoms with Crippen molar-refractivity contribution in [1.29, 1.82) is 0 Å². The molecular formula is C13H16N2O5S. The van der Waals surface area contributed by atoms with E-state index in [1.54, 1.807) is 12.1 Å². The summed E-state index contributed by atoms with van der Waals surface area (Å²) in [5.74, 6) is 0. The number of aliphatic hydroxyl groups excluding tert-OH is 1. The molecule has 0 bridgehead atoms. The lowest BCUT2D eigenvalue weighted by Crippen LogP contribution is -2.56. The van der Waals surface area contributed by atoms with Gasteiger partial charge in [-0.2, -0.15) is 4.31 Å². The van der Waals surface area contributed by atoms with E-state index in [1.165, 1.54) is 16.4 Å². The molecule has 0 unspecified atom stereocenters. The number of fused-ring (bicyclic) bond motifs is 1. The zero-order valence-electron chi connectivity index (χ0n) is 11.4. The van der Waals surface area contributed by atoms with Crippen LogP contribution in [-0.2, 0) is 14.8 Å². The van der Waals surface area contributed by atoms with Gasteiger partial charge in [0.2, 0.25) is 10.0 Å². The molecule has 1 amide bonds. The van der Waals surface area contributed by atoms with E-state index in [9.17, 15) is 18.3 Å². The molecule has 0 radical (unpaired) electrons. The standard InChI is InChI=1S/C13H16N2O5S/c1-8-2-4-9(5-3-8)21(18,19)15-6-11(16)12-10(15)7-20-13(17)14-12/h2-5,10-12,16H,6-7H2,1H3,(H,14,17)/t10-,11-,12+/m1/s1. The summed E-state index contributed by atoms with van der Waals surface area (Å²) in [5, 5.41) is 12.5. The first-order chi connectivity index (χ1) is 9.89. The Morgan fingerprint density at radius 2 is 2.00 bits per heavy atom. The van der Waals surface area contributed by atoms with Crippen LogP contribution in [0.15, 0.2) is 29.2 Å². The van der Waals surface area contributed by atoms with Gasteiger partial charge in [-0.25, -0.2) is 13.2 Å². The van der Waals surface area contributed by atoms with Gasteiger partial charge in [-0.1, -0.05) is 17.7 Å². The van der Waals surface area contributed by atoms with Crippen molar-refractivity contribution in [1.82, 2.24) is 9.62 Å². The number of carbonyl (C=O) groups excluding carboxylic acids is 1. The van der Waals surface area contributed by atoms with Crippen LogP contribution in [0.2, 0.25) is 0 Å². The monoisotopic (exact) mass is 312 g/mol. The number of alkyl carbamates (subject to hydrolysis) is 1. The van der Waals surface area contributed by atoms with Crippen molar-refractivity contribution in [2.45, 2.75) is 30.0 Å². The number of aryl methyl sites for hydroxylation is 1. The van der Waals surface area contributed by atoms with Crippen molar-refractivity contribution in [3.05, 3.63) is 29.8 Å². The Balaban J connectivity index is 1.92. The number of amides is 1. The van der Waals surface area contributed by atoms with Gasteiger partial charge in [-0.3, -0.25) is 0 Å². The second-order valence-corrected chi connectivity index (χ2v) is 7.18. The maximum Gasteiger partial charge on any atom is 0.407 e.